The van der Waals surface area contributed by atoms with Crippen molar-refractivity contribution in [2.45, 2.75) is 25.7 Å². The largest absolute Gasteiger partial charge is 0.573 e. The Kier molecular flexibility index (Phi) is 6.19. The van der Waals surface area contributed by atoms with Crippen molar-refractivity contribution in [1.82, 2.24) is 30.0 Å². The molecule has 168 valence electrons. The molecular formula is C20H20F3N7O2. The normalized spacial score (nSPS) is 16.6. The lowest BCUT2D eigenvalue weighted by molar-refractivity contribution is -0.274. The fourth-order valence-corrected chi connectivity index (χ4v) is 3.50. The van der Waals surface area contributed by atoms with E-state index in [4.69, 9.17) is 0 Å². The van der Waals surface area contributed by atoms with Crippen LogP contribution in [0, 0.1) is 5.92 Å². The Hall–Kier alpha value is -3.70. The molecule has 3 aromatic rings. The summed E-state index contributed by atoms with van der Waals surface area (Å²) in [6, 6.07) is 7.21. The van der Waals surface area contributed by atoms with Crippen molar-refractivity contribution in [2.24, 2.45) is 5.92 Å². The Labute approximate surface area is 181 Å². The Morgan fingerprint density at radius 1 is 1.16 bits per heavy atom. The van der Waals surface area contributed by atoms with Crippen LogP contribution in [0.5, 0.6) is 5.75 Å². The number of nitrogens with zero attached hydrogens (tertiary/aromatic N) is 6. The van der Waals surface area contributed by atoms with Crippen LogP contribution in [-0.4, -0.2) is 50.1 Å². The lowest BCUT2D eigenvalue weighted by atomic mass is 9.97. The van der Waals surface area contributed by atoms with Gasteiger partial charge in [-0.15, -0.1) is 13.2 Å². The van der Waals surface area contributed by atoms with Crippen LogP contribution in [0.3, 0.4) is 0 Å². The Morgan fingerprint density at radius 3 is 2.66 bits per heavy atom. The third kappa shape index (κ3) is 5.50. The molecule has 9 nitrogen and oxygen atoms in total. The summed E-state index contributed by atoms with van der Waals surface area (Å²) in [5, 5.41) is 6.92. The number of hydrogen-bond acceptors (Lipinski definition) is 7. The topological polar surface area (TPSA) is 98.1 Å². The van der Waals surface area contributed by atoms with E-state index >= 15 is 0 Å². The predicted octanol–water partition coefficient (Wildman–Crippen LogP) is 2.49. The minimum Gasteiger partial charge on any atom is -0.406 e. The number of piperidine rings is 1. The maximum atomic E-state index is 12.7. The molecular weight excluding hydrogens is 427 g/mol. The number of rotatable bonds is 6. The maximum absolute atomic E-state index is 12.7. The second-order valence-corrected chi connectivity index (χ2v) is 7.27. The molecule has 0 spiro atoms. The highest BCUT2D eigenvalue weighted by atomic mass is 19.4. The van der Waals surface area contributed by atoms with E-state index in [1.54, 1.807) is 12.4 Å². The number of ether oxygens (including phenoxy) is 1. The van der Waals surface area contributed by atoms with Crippen molar-refractivity contribution in [2.75, 3.05) is 18.0 Å². The number of hydrogen-bond donors (Lipinski definition) is 1. The highest BCUT2D eigenvalue weighted by molar-refractivity contribution is 5.79. The van der Waals surface area contributed by atoms with Crippen molar-refractivity contribution >= 4 is 11.7 Å². The second-order valence-electron chi connectivity index (χ2n) is 7.27. The number of aromatic nitrogens is 5. The van der Waals surface area contributed by atoms with Crippen LogP contribution < -0.4 is 15.0 Å². The third-order valence-corrected chi connectivity index (χ3v) is 5.03. The van der Waals surface area contributed by atoms with E-state index in [9.17, 15) is 18.0 Å². The van der Waals surface area contributed by atoms with Gasteiger partial charge in [0, 0.05) is 25.7 Å². The van der Waals surface area contributed by atoms with Gasteiger partial charge in [-0.05, 0) is 30.5 Å². The van der Waals surface area contributed by atoms with Gasteiger partial charge in [0.25, 0.3) is 0 Å². The predicted molar refractivity (Wildman–Crippen MR) is 107 cm³/mol. The lowest BCUT2D eigenvalue weighted by Gasteiger charge is -2.32. The number of anilines is 1. The number of nitrogens with one attached hydrogen (secondary N) is 1. The van der Waals surface area contributed by atoms with Gasteiger partial charge in [0.15, 0.2) is 5.82 Å². The van der Waals surface area contributed by atoms with Gasteiger partial charge in [0.05, 0.1) is 5.92 Å². The van der Waals surface area contributed by atoms with Crippen molar-refractivity contribution in [1.29, 1.82) is 0 Å². The van der Waals surface area contributed by atoms with Gasteiger partial charge in [-0.1, -0.05) is 12.1 Å². The van der Waals surface area contributed by atoms with Gasteiger partial charge in [-0.3, -0.25) is 4.79 Å². The molecule has 0 aliphatic carbocycles. The molecule has 1 atom stereocenters. The van der Waals surface area contributed by atoms with E-state index in [0.29, 0.717) is 23.7 Å². The lowest BCUT2D eigenvalue weighted by Crippen LogP contribution is -2.43. The van der Waals surface area contributed by atoms with Gasteiger partial charge in [-0.2, -0.15) is 5.10 Å². The van der Waals surface area contributed by atoms with E-state index in [0.717, 1.165) is 19.4 Å². The Bertz CT molecular complexity index is 1040. The quantitative estimate of drug-likeness (QED) is 0.620. The van der Waals surface area contributed by atoms with Crippen molar-refractivity contribution in [3.8, 4) is 11.6 Å². The molecule has 1 aliphatic rings. The van der Waals surface area contributed by atoms with Crippen LogP contribution >= 0.6 is 0 Å². The van der Waals surface area contributed by atoms with E-state index in [-0.39, 0.29) is 24.1 Å². The summed E-state index contributed by atoms with van der Waals surface area (Å²) in [6.45, 7) is 1.47. The summed E-state index contributed by atoms with van der Waals surface area (Å²) in [5.41, 5.74) is 0.675. The van der Waals surface area contributed by atoms with Crippen molar-refractivity contribution in [3.05, 3.63) is 54.9 Å². The molecule has 12 heteroatoms. The zero-order chi connectivity index (χ0) is 22.6. The summed E-state index contributed by atoms with van der Waals surface area (Å²) < 4.78 is 42.1. The van der Waals surface area contributed by atoms with E-state index in [1.165, 1.54) is 41.6 Å². The summed E-state index contributed by atoms with van der Waals surface area (Å²) in [5.74, 6) is 0.628. The highest BCUT2D eigenvalue weighted by Crippen LogP contribution is 2.24. The minimum atomic E-state index is -4.73. The molecule has 1 amide bonds. The molecule has 32 heavy (non-hydrogen) atoms. The highest BCUT2D eigenvalue weighted by Gasteiger charge is 2.31. The molecule has 0 saturated carbocycles. The summed E-state index contributed by atoms with van der Waals surface area (Å²) in [4.78, 5) is 27.1. The van der Waals surface area contributed by atoms with E-state index in [2.05, 4.69) is 30.1 Å². The molecule has 0 radical (unpaired) electrons. The van der Waals surface area contributed by atoms with E-state index < -0.39 is 6.36 Å². The zero-order valence-corrected chi connectivity index (χ0v) is 16.9. The fraction of sp³-hybridized carbons (Fsp3) is 0.350. The Morgan fingerprint density at radius 2 is 1.94 bits per heavy atom. The first-order chi connectivity index (χ1) is 15.4. The molecule has 1 saturated heterocycles. The van der Waals surface area contributed by atoms with Gasteiger partial charge in [-0.25, -0.2) is 19.6 Å². The smallest absolute Gasteiger partial charge is 0.406 e. The van der Waals surface area contributed by atoms with Gasteiger partial charge >= 0.3 is 6.36 Å². The summed E-state index contributed by atoms with van der Waals surface area (Å²) in [6.07, 6.45) is 1.23. The molecule has 0 bridgehead atoms. The number of carbonyl (C=O) groups excluding carboxylic acids is 1. The molecule has 1 aliphatic heterocycles. The monoisotopic (exact) mass is 447 g/mol. The number of carbonyl (C=O) groups is 1. The summed E-state index contributed by atoms with van der Waals surface area (Å²) >= 11 is 0. The Balaban J connectivity index is 1.33. The molecule has 4 rings (SSSR count). The first-order valence-electron chi connectivity index (χ1n) is 9.92. The number of benzene rings is 1. The van der Waals surface area contributed by atoms with Crippen LogP contribution in [0.15, 0.2) is 49.3 Å². The van der Waals surface area contributed by atoms with Crippen molar-refractivity contribution < 1.29 is 22.7 Å². The molecule has 0 unspecified atom stereocenters. The third-order valence-electron chi connectivity index (χ3n) is 5.03. The number of amides is 1. The number of halogens is 3. The van der Waals surface area contributed by atoms with Crippen molar-refractivity contribution in [3.63, 3.8) is 0 Å². The van der Waals surface area contributed by atoms with Crippen LogP contribution in [0.1, 0.15) is 18.4 Å². The first kappa shape index (κ1) is 21.5. The van der Waals surface area contributed by atoms with Crippen LogP contribution in [0.4, 0.5) is 19.0 Å². The SMILES string of the molecule is O=C(NCc1ccc(OC(F)(F)F)cc1)[C@@H]1CCCN(c2cc(-n3cncn3)ncn2)C1. The zero-order valence-electron chi connectivity index (χ0n) is 16.9. The standard InChI is InChI=1S/C20H20F3N7O2/c21-20(22,23)32-16-5-3-14(4-6-16)9-25-19(31)15-2-1-7-29(10-15)17-8-18(27-12-26-17)30-13-24-11-28-30/h3-6,8,11-13,15H,1-2,7,9-10H2,(H,25,31)/t15-/m1/s1. The van der Waals surface area contributed by atoms with Gasteiger partial charge < -0.3 is 15.0 Å². The minimum absolute atomic E-state index is 0.115. The second kappa shape index (κ2) is 9.20. The van der Waals surface area contributed by atoms with Crippen LogP contribution in [0.25, 0.3) is 5.82 Å². The van der Waals surface area contributed by atoms with Gasteiger partial charge in [0.2, 0.25) is 5.91 Å². The molecule has 1 fully saturated rings. The molecule has 3 heterocycles. The van der Waals surface area contributed by atoms with E-state index in [1.807, 2.05) is 4.90 Å². The molecule has 2 aromatic heterocycles. The van der Waals surface area contributed by atoms with Crippen LogP contribution in [-0.2, 0) is 11.3 Å². The molecule has 1 N–H and O–H groups in total. The maximum Gasteiger partial charge on any atom is 0.573 e. The van der Waals surface area contributed by atoms with Gasteiger partial charge in [0.1, 0.15) is 30.5 Å². The first-order valence-corrected chi connectivity index (χ1v) is 9.92. The molecule has 1 aromatic carbocycles. The number of alkyl halides is 3. The average Bonchev–Trinajstić information content (AvgIpc) is 3.33. The average molecular weight is 447 g/mol. The van der Waals surface area contributed by atoms with Crippen LogP contribution in [0.2, 0.25) is 0 Å². The summed E-state index contributed by atoms with van der Waals surface area (Å²) in [7, 11) is 0. The fourth-order valence-electron chi connectivity index (χ4n) is 3.50.